The lowest BCUT2D eigenvalue weighted by Crippen LogP contribution is -2.15. The van der Waals surface area contributed by atoms with Gasteiger partial charge >= 0.3 is 6.18 Å². The predicted octanol–water partition coefficient (Wildman–Crippen LogP) is 4.58. The van der Waals surface area contributed by atoms with Gasteiger partial charge in [-0.2, -0.15) is 18.3 Å². The number of terminal acetylenes is 1. The van der Waals surface area contributed by atoms with Gasteiger partial charge in [0.25, 0.3) is 0 Å². The first-order chi connectivity index (χ1) is 13.5. The molecule has 2 aromatic carbocycles. The van der Waals surface area contributed by atoms with Gasteiger partial charge in [0, 0.05) is 17.4 Å². The number of halogens is 3. The number of benzene rings is 2. The normalized spacial score (nSPS) is 12.0. The molecule has 0 aliphatic carbocycles. The van der Waals surface area contributed by atoms with Crippen molar-refractivity contribution in [3.05, 3.63) is 59.8 Å². The Morgan fingerprint density at radius 1 is 1.03 bits per heavy atom. The van der Waals surface area contributed by atoms with Crippen molar-refractivity contribution in [3.8, 4) is 34.7 Å². The van der Waals surface area contributed by atoms with Crippen LogP contribution in [0.15, 0.2) is 53.4 Å². The summed E-state index contributed by atoms with van der Waals surface area (Å²) in [5, 5.41) is 4.13. The van der Waals surface area contributed by atoms with Crippen LogP contribution in [0.2, 0.25) is 0 Å². The number of aromatic nitrogens is 2. The van der Waals surface area contributed by atoms with Gasteiger partial charge in [0.15, 0.2) is 15.5 Å². The maximum absolute atomic E-state index is 13.9. The number of alkyl halides is 3. The van der Waals surface area contributed by atoms with E-state index < -0.39 is 21.7 Å². The molecular weight excluding hydrogens is 401 g/mol. The minimum absolute atomic E-state index is 0.0669. The van der Waals surface area contributed by atoms with Gasteiger partial charge in [-0.3, -0.25) is 0 Å². The molecule has 0 atom stereocenters. The van der Waals surface area contributed by atoms with Crippen LogP contribution in [0.3, 0.4) is 0 Å². The number of sulfone groups is 1. The monoisotopic (exact) mass is 418 g/mol. The highest BCUT2D eigenvalue weighted by Crippen LogP contribution is 2.42. The Balaban J connectivity index is 2.31. The number of rotatable bonds is 4. The largest absolute Gasteiger partial charge is 0.433 e. The van der Waals surface area contributed by atoms with E-state index in [-0.39, 0.29) is 22.7 Å². The zero-order valence-corrected chi connectivity index (χ0v) is 16.5. The third-order valence-electron chi connectivity index (χ3n) is 4.36. The van der Waals surface area contributed by atoms with Crippen molar-refractivity contribution < 1.29 is 21.6 Å². The van der Waals surface area contributed by atoms with Crippen LogP contribution < -0.4 is 0 Å². The third kappa shape index (κ3) is 4.20. The van der Waals surface area contributed by atoms with E-state index in [2.05, 4.69) is 11.0 Å². The first kappa shape index (κ1) is 20.7. The van der Waals surface area contributed by atoms with Crippen molar-refractivity contribution >= 4 is 9.84 Å². The molecule has 0 spiro atoms. The lowest BCUT2D eigenvalue weighted by atomic mass is 9.98. The number of hydrogen-bond acceptors (Lipinski definition) is 3. The van der Waals surface area contributed by atoms with E-state index in [1.807, 2.05) is 6.92 Å². The van der Waals surface area contributed by atoms with Gasteiger partial charge < -0.3 is 0 Å². The Bertz CT molecular complexity index is 1180. The molecule has 1 heterocycles. The van der Waals surface area contributed by atoms with Gasteiger partial charge in [-0.15, -0.1) is 6.42 Å². The lowest BCUT2D eigenvalue weighted by molar-refractivity contribution is -0.143. The molecule has 0 saturated heterocycles. The smallest absolute Gasteiger partial charge is 0.247 e. The summed E-state index contributed by atoms with van der Waals surface area (Å²) in [4.78, 5) is 0.0669. The van der Waals surface area contributed by atoms with Crippen LogP contribution in [0.1, 0.15) is 11.3 Å². The van der Waals surface area contributed by atoms with Gasteiger partial charge in [0.05, 0.1) is 4.90 Å². The Labute approximate surface area is 166 Å². The molecule has 0 aliphatic heterocycles. The first-order valence-electron chi connectivity index (χ1n) is 8.51. The van der Waals surface area contributed by atoms with Crippen LogP contribution in [0.25, 0.3) is 22.4 Å². The van der Waals surface area contributed by atoms with Crippen molar-refractivity contribution in [2.75, 3.05) is 6.26 Å². The Kier molecular flexibility index (Phi) is 5.28. The second-order valence-electron chi connectivity index (χ2n) is 6.59. The molecule has 3 aromatic rings. The van der Waals surface area contributed by atoms with E-state index in [1.165, 1.54) is 24.3 Å². The molecule has 150 valence electrons. The number of aryl methyl sites for hydroxylation is 1. The molecule has 0 bridgehead atoms. The summed E-state index contributed by atoms with van der Waals surface area (Å²) in [5.74, 6) is 2.20. The molecule has 0 N–H and O–H groups in total. The number of hydrogen-bond donors (Lipinski definition) is 0. The third-order valence-corrected chi connectivity index (χ3v) is 5.49. The molecule has 0 saturated carbocycles. The molecule has 0 aliphatic rings. The second-order valence-corrected chi connectivity index (χ2v) is 8.61. The highest BCUT2D eigenvalue weighted by Gasteiger charge is 2.40. The molecule has 29 heavy (non-hydrogen) atoms. The SMILES string of the molecule is C#CCn1nc(-c2ccc(S(C)(=O)=O)cc2)c(-c2ccc(C)cc2)c1C(F)(F)F. The Morgan fingerprint density at radius 2 is 1.59 bits per heavy atom. The minimum atomic E-state index is -4.69. The predicted molar refractivity (Wildman–Crippen MR) is 105 cm³/mol. The summed E-state index contributed by atoms with van der Waals surface area (Å²) < 4.78 is 65.9. The quantitative estimate of drug-likeness (QED) is 0.583. The minimum Gasteiger partial charge on any atom is -0.247 e. The molecule has 0 unspecified atom stereocenters. The zero-order chi connectivity index (χ0) is 21.4. The Hall–Kier alpha value is -3.05. The summed E-state index contributed by atoms with van der Waals surface area (Å²) in [7, 11) is -3.44. The second kappa shape index (κ2) is 7.41. The fraction of sp³-hybridized carbons (Fsp3) is 0.190. The van der Waals surface area contributed by atoms with Crippen molar-refractivity contribution in [2.45, 2.75) is 24.5 Å². The summed E-state index contributed by atoms with van der Waals surface area (Å²) in [6, 6.07) is 12.2. The Morgan fingerprint density at radius 3 is 2.07 bits per heavy atom. The zero-order valence-electron chi connectivity index (χ0n) is 15.7. The molecule has 1 aromatic heterocycles. The highest BCUT2D eigenvalue weighted by molar-refractivity contribution is 7.90. The molecular formula is C21H17F3N2O2S. The van der Waals surface area contributed by atoms with Gasteiger partial charge in [-0.1, -0.05) is 47.9 Å². The van der Waals surface area contributed by atoms with Crippen molar-refractivity contribution in [1.82, 2.24) is 9.78 Å². The molecule has 0 amide bonds. The van der Waals surface area contributed by atoms with Crippen LogP contribution in [0, 0.1) is 19.3 Å². The summed E-state index contributed by atoms with van der Waals surface area (Å²) in [6.45, 7) is 1.48. The van der Waals surface area contributed by atoms with E-state index in [0.29, 0.717) is 11.1 Å². The van der Waals surface area contributed by atoms with Gasteiger partial charge in [-0.05, 0) is 24.6 Å². The lowest BCUT2D eigenvalue weighted by Gasteiger charge is -2.12. The molecule has 4 nitrogen and oxygen atoms in total. The fourth-order valence-electron chi connectivity index (χ4n) is 3.01. The van der Waals surface area contributed by atoms with Crippen molar-refractivity contribution in [3.63, 3.8) is 0 Å². The van der Waals surface area contributed by atoms with E-state index >= 15 is 0 Å². The average molecular weight is 418 g/mol. The van der Waals surface area contributed by atoms with Crippen molar-refractivity contribution in [1.29, 1.82) is 0 Å². The number of nitrogens with zero attached hydrogens (tertiary/aromatic N) is 2. The fourth-order valence-corrected chi connectivity index (χ4v) is 3.64. The van der Waals surface area contributed by atoms with Crippen LogP contribution >= 0.6 is 0 Å². The van der Waals surface area contributed by atoms with E-state index in [4.69, 9.17) is 6.42 Å². The molecule has 0 fully saturated rings. The maximum atomic E-state index is 13.9. The van der Waals surface area contributed by atoms with Gasteiger partial charge in [-0.25, -0.2) is 13.1 Å². The maximum Gasteiger partial charge on any atom is 0.433 e. The topological polar surface area (TPSA) is 52.0 Å². The van der Waals surface area contributed by atoms with E-state index in [9.17, 15) is 21.6 Å². The molecule has 3 rings (SSSR count). The van der Waals surface area contributed by atoms with Crippen molar-refractivity contribution in [2.24, 2.45) is 0 Å². The van der Waals surface area contributed by atoms with Crippen LogP contribution in [-0.4, -0.2) is 24.5 Å². The van der Waals surface area contributed by atoms with Gasteiger partial charge in [0.2, 0.25) is 0 Å². The average Bonchev–Trinajstić information content (AvgIpc) is 3.02. The molecule has 8 heteroatoms. The van der Waals surface area contributed by atoms with Gasteiger partial charge in [0.1, 0.15) is 12.2 Å². The highest BCUT2D eigenvalue weighted by atomic mass is 32.2. The van der Waals surface area contributed by atoms with Crippen LogP contribution in [0.4, 0.5) is 13.2 Å². The molecule has 0 radical (unpaired) electrons. The van der Waals surface area contributed by atoms with E-state index in [1.54, 1.807) is 24.3 Å². The van der Waals surface area contributed by atoms with Crippen LogP contribution in [0.5, 0.6) is 0 Å². The first-order valence-corrected chi connectivity index (χ1v) is 10.4. The summed E-state index contributed by atoms with van der Waals surface area (Å²) >= 11 is 0. The summed E-state index contributed by atoms with van der Waals surface area (Å²) in [5.41, 5.74) is 0.637. The standard InChI is InChI=1S/C21H17F3N2O2S/c1-4-13-26-20(21(22,23)24)18(15-7-5-14(2)6-8-15)19(25-26)16-9-11-17(12-10-16)29(3,27)28/h1,5-12H,13H2,2-3H3. The van der Waals surface area contributed by atoms with E-state index in [0.717, 1.165) is 16.5 Å². The summed E-state index contributed by atoms with van der Waals surface area (Å²) in [6.07, 6.45) is 1.63. The van der Waals surface area contributed by atoms with Crippen LogP contribution in [-0.2, 0) is 22.6 Å².